The normalized spacial score (nSPS) is 12.6. The van der Waals surface area contributed by atoms with Gasteiger partial charge in [0, 0.05) is 18.8 Å². The van der Waals surface area contributed by atoms with Crippen molar-refractivity contribution in [1.82, 2.24) is 15.5 Å². The zero-order valence-corrected chi connectivity index (χ0v) is 20.0. The SMILES string of the molecule is CCNC(=NCc1ccc(F)cc1CSC)NCC(c1ccco1)N(C)C.I. The number of hydrogen-bond donors (Lipinski definition) is 2. The van der Waals surface area contributed by atoms with Gasteiger partial charge in [0.15, 0.2) is 5.96 Å². The van der Waals surface area contributed by atoms with Crippen LogP contribution in [-0.4, -0.2) is 44.3 Å². The number of furan rings is 1. The van der Waals surface area contributed by atoms with Gasteiger partial charge in [-0.3, -0.25) is 4.90 Å². The molecule has 5 nitrogen and oxygen atoms in total. The third kappa shape index (κ3) is 7.63. The van der Waals surface area contributed by atoms with Crippen LogP contribution in [0.2, 0.25) is 0 Å². The monoisotopic (exact) mass is 520 g/mol. The molecule has 1 heterocycles. The average molecular weight is 520 g/mol. The lowest BCUT2D eigenvalue weighted by Crippen LogP contribution is -2.41. The molecule has 0 amide bonds. The summed E-state index contributed by atoms with van der Waals surface area (Å²) >= 11 is 1.68. The summed E-state index contributed by atoms with van der Waals surface area (Å²) in [5, 5.41) is 6.65. The van der Waals surface area contributed by atoms with Crippen LogP contribution in [0.1, 0.15) is 29.9 Å². The molecular formula is C20H30FIN4OS. The molecule has 2 N–H and O–H groups in total. The average Bonchev–Trinajstić information content (AvgIpc) is 3.15. The van der Waals surface area contributed by atoms with Crippen LogP contribution in [0.4, 0.5) is 4.39 Å². The minimum absolute atomic E-state index is 0. The molecule has 0 saturated heterocycles. The van der Waals surface area contributed by atoms with E-state index in [0.717, 1.165) is 35.1 Å². The number of nitrogens with one attached hydrogen (secondary N) is 2. The third-order valence-electron chi connectivity index (χ3n) is 4.18. The number of benzene rings is 1. The minimum atomic E-state index is -0.205. The molecule has 0 saturated carbocycles. The number of likely N-dealkylation sites (N-methyl/N-ethyl adjacent to an activating group) is 1. The summed E-state index contributed by atoms with van der Waals surface area (Å²) in [5.74, 6) is 2.21. The Hall–Kier alpha value is -1.26. The van der Waals surface area contributed by atoms with E-state index in [1.807, 2.05) is 45.5 Å². The number of rotatable bonds is 9. The maximum Gasteiger partial charge on any atom is 0.191 e. The van der Waals surface area contributed by atoms with Gasteiger partial charge in [-0.1, -0.05) is 6.07 Å². The fourth-order valence-corrected chi connectivity index (χ4v) is 3.34. The van der Waals surface area contributed by atoms with Crippen LogP contribution in [0.25, 0.3) is 0 Å². The second-order valence-corrected chi connectivity index (χ2v) is 7.28. The molecule has 1 aromatic heterocycles. The van der Waals surface area contributed by atoms with Gasteiger partial charge >= 0.3 is 0 Å². The highest BCUT2D eigenvalue weighted by Crippen LogP contribution is 2.19. The molecule has 28 heavy (non-hydrogen) atoms. The molecule has 1 unspecified atom stereocenters. The molecule has 1 aromatic carbocycles. The number of nitrogens with zero attached hydrogens (tertiary/aromatic N) is 2. The van der Waals surface area contributed by atoms with Crippen molar-refractivity contribution >= 4 is 41.7 Å². The van der Waals surface area contributed by atoms with Gasteiger partial charge in [0.1, 0.15) is 11.6 Å². The Morgan fingerprint density at radius 3 is 2.64 bits per heavy atom. The lowest BCUT2D eigenvalue weighted by molar-refractivity contribution is 0.258. The first kappa shape index (κ1) is 24.8. The van der Waals surface area contributed by atoms with E-state index < -0.39 is 0 Å². The van der Waals surface area contributed by atoms with E-state index in [0.29, 0.717) is 13.1 Å². The number of thioether (sulfide) groups is 1. The van der Waals surface area contributed by atoms with Gasteiger partial charge in [-0.15, -0.1) is 24.0 Å². The van der Waals surface area contributed by atoms with E-state index in [4.69, 9.17) is 4.42 Å². The summed E-state index contributed by atoms with van der Waals surface area (Å²) < 4.78 is 19.1. The van der Waals surface area contributed by atoms with Gasteiger partial charge in [-0.2, -0.15) is 11.8 Å². The lowest BCUT2D eigenvalue weighted by atomic mass is 10.1. The summed E-state index contributed by atoms with van der Waals surface area (Å²) in [4.78, 5) is 6.79. The molecule has 1 atom stereocenters. The van der Waals surface area contributed by atoms with Crippen LogP contribution >= 0.6 is 35.7 Å². The van der Waals surface area contributed by atoms with E-state index in [9.17, 15) is 4.39 Å². The van der Waals surface area contributed by atoms with E-state index in [1.54, 1.807) is 24.1 Å². The van der Waals surface area contributed by atoms with E-state index in [2.05, 4.69) is 20.5 Å². The quantitative estimate of drug-likeness (QED) is 0.294. The van der Waals surface area contributed by atoms with Gasteiger partial charge in [0.25, 0.3) is 0 Å². The van der Waals surface area contributed by atoms with Crippen LogP contribution in [0.3, 0.4) is 0 Å². The molecule has 2 aromatic rings. The zero-order valence-electron chi connectivity index (χ0n) is 16.9. The Bertz CT molecular complexity index is 725. The number of guanidine groups is 1. The van der Waals surface area contributed by atoms with Crippen molar-refractivity contribution in [2.75, 3.05) is 33.4 Å². The second-order valence-electron chi connectivity index (χ2n) is 6.42. The predicted molar refractivity (Wildman–Crippen MR) is 127 cm³/mol. The van der Waals surface area contributed by atoms with Gasteiger partial charge in [0.05, 0.1) is 18.8 Å². The summed E-state index contributed by atoms with van der Waals surface area (Å²) in [7, 11) is 4.04. The van der Waals surface area contributed by atoms with Crippen LogP contribution in [0, 0.1) is 5.82 Å². The topological polar surface area (TPSA) is 52.8 Å². The minimum Gasteiger partial charge on any atom is -0.468 e. The largest absolute Gasteiger partial charge is 0.468 e. The summed E-state index contributed by atoms with van der Waals surface area (Å²) in [5.41, 5.74) is 2.03. The van der Waals surface area contributed by atoms with Crippen molar-refractivity contribution in [2.45, 2.75) is 25.3 Å². The Morgan fingerprint density at radius 2 is 2.04 bits per heavy atom. The molecule has 0 radical (unpaired) electrons. The van der Waals surface area contributed by atoms with Gasteiger partial charge in [-0.25, -0.2) is 9.38 Å². The molecular weight excluding hydrogens is 490 g/mol. The van der Waals surface area contributed by atoms with E-state index in [-0.39, 0.29) is 35.8 Å². The first-order valence-electron chi connectivity index (χ1n) is 9.03. The number of halogens is 2. The number of aliphatic imine (C=N–C) groups is 1. The first-order chi connectivity index (χ1) is 13.0. The Morgan fingerprint density at radius 1 is 1.25 bits per heavy atom. The van der Waals surface area contributed by atoms with Crippen molar-refractivity contribution in [3.8, 4) is 0 Å². The van der Waals surface area contributed by atoms with Crippen molar-refractivity contribution < 1.29 is 8.81 Å². The maximum absolute atomic E-state index is 13.5. The zero-order chi connectivity index (χ0) is 19.6. The molecule has 0 fully saturated rings. The van der Waals surface area contributed by atoms with Crippen molar-refractivity contribution in [3.63, 3.8) is 0 Å². The van der Waals surface area contributed by atoms with Crippen molar-refractivity contribution in [3.05, 3.63) is 59.3 Å². The maximum atomic E-state index is 13.5. The van der Waals surface area contributed by atoms with Crippen molar-refractivity contribution in [2.24, 2.45) is 4.99 Å². The molecule has 156 valence electrons. The Balaban J connectivity index is 0.00000392. The standard InChI is InChI=1S/C20H29FN4OS.HI/c1-5-22-20(24-13-18(25(2)3)19-7-6-10-26-19)23-12-15-8-9-17(21)11-16(15)14-27-4;/h6-11,18H,5,12-14H2,1-4H3,(H2,22,23,24);1H. The van der Waals surface area contributed by atoms with E-state index in [1.165, 1.54) is 6.07 Å². The van der Waals surface area contributed by atoms with Crippen LogP contribution in [0.15, 0.2) is 46.0 Å². The van der Waals surface area contributed by atoms with Gasteiger partial charge < -0.3 is 15.1 Å². The highest BCUT2D eigenvalue weighted by atomic mass is 127. The molecule has 0 bridgehead atoms. The van der Waals surface area contributed by atoms with Crippen LogP contribution in [0.5, 0.6) is 0 Å². The molecule has 0 aliphatic heterocycles. The van der Waals surface area contributed by atoms with Crippen LogP contribution < -0.4 is 10.6 Å². The highest BCUT2D eigenvalue weighted by molar-refractivity contribution is 14.0. The fourth-order valence-electron chi connectivity index (χ4n) is 2.76. The van der Waals surface area contributed by atoms with Crippen LogP contribution in [-0.2, 0) is 12.3 Å². The lowest BCUT2D eigenvalue weighted by Gasteiger charge is -2.23. The summed E-state index contributed by atoms with van der Waals surface area (Å²) in [6.45, 7) is 3.96. The molecule has 0 aliphatic carbocycles. The smallest absolute Gasteiger partial charge is 0.191 e. The predicted octanol–water partition coefficient (Wildman–Crippen LogP) is 4.26. The summed E-state index contributed by atoms with van der Waals surface area (Å²) in [6, 6.07) is 8.88. The van der Waals surface area contributed by atoms with Gasteiger partial charge in [-0.05, 0) is 62.7 Å². The molecule has 0 aliphatic rings. The number of hydrogen-bond acceptors (Lipinski definition) is 4. The Kier molecular flexibility index (Phi) is 11.6. The second kappa shape index (κ2) is 13.1. The molecule has 2 rings (SSSR count). The van der Waals surface area contributed by atoms with Gasteiger partial charge in [0.2, 0.25) is 0 Å². The molecule has 8 heteroatoms. The molecule has 0 spiro atoms. The Labute approximate surface area is 188 Å². The summed E-state index contributed by atoms with van der Waals surface area (Å²) in [6.07, 6.45) is 3.70. The highest BCUT2D eigenvalue weighted by Gasteiger charge is 2.17. The fraction of sp³-hybridized carbons (Fsp3) is 0.450. The third-order valence-corrected chi connectivity index (χ3v) is 4.78. The van der Waals surface area contributed by atoms with E-state index >= 15 is 0 Å². The van der Waals surface area contributed by atoms with Crippen molar-refractivity contribution in [1.29, 1.82) is 0 Å². The first-order valence-corrected chi connectivity index (χ1v) is 10.4.